The molecule has 0 bridgehead atoms. The van der Waals surface area contributed by atoms with E-state index in [4.69, 9.17) is 11.6 Å². The predicted molar refractivity (Wildman–Crippen MR) is 126 cm³/mol. The molecule has 3 heterocycles. The van der Waals surface area contributed by atoms with Crippen molar-refractivity contribution >= 4 is 33.1 Å². The number of hydrogen-bond acceptors (Lipinski definition) is 5. The first-order chi connectivity index (χ1) is 15.7. The van der Waals surface area contributed by atoms with Gasteiger partial charge in [0.15, 0.2) is 10.7 Å². The highest BCUT2D eigenvalue weighted by atomic mass is 35.5. The van der Waals surface area contributed by atoms with Crippen LogP contribution in [0.5, 0.6) is 0 Å². The molecule has 4 rings (SSSR count). The van der Waals surface area contributed by atoms with Crippen molar-refractivity contribution in [2.75, 3.05) is 29.8 Å². The van der Waals surface area contributed by atoms with E-state index in [1.165, 1.54) is 12.1 Å². The van der Waals surface area contributed by atoms with Crippen molar-refractivity contribution in [1.82, 2.24) is 9.88 Å². The first kappa shape index (κ1) is 25.1. The zero-order valence-electron chi connectivity index (χ0n) is 19.5. The lowest BCUT2D eigenvalue weighted by atomic mass is 9.80. The molecule has 34 heavy (non-hydrogen) atoms. The van der Waals surface area contributed by atoms with Crippen LogP contribution in [0.15, 0.2) is 29.2 Å². The Hall–Kier alpha value is -2.04. The van der Waals surface area contributed by atoms with Crippen LogP contribution in [0.2, 0.25) is 5.02 Å². The molecule has 0 amide bonds. The lowest BCUT2D eigenvalue weighted by Gasteiger charge is -2.40. The van der Waals surface area contributed by atoms with E-state index in [9.17, 15) is 12.8 Å². The Morgan fingerprint density at radius 1 is 1.18 bits per heavy atom. The second-order valence-electron chi connectivity index (χ2n) is 10.1. The molecule has 1 aromatic carbocycles. The third kappa shape index (κ3) is 4.35. The van der Waals surface area contributed by atoms with Crippen LogP contribution < -0.4 is 9.62 Å². The number of halogens is 4. The Morgan fingerprint density at radius 2 is 1.88 bits per heavy atom. The van der Waals surface area contributed by atoms with Gasteiger partial charge in [-0.15, -0.1) is 0 Å². The molecule has 186 valence electrons. The van der Waals surface area contributed by atoms with Gasteiger partial charge in [-0.3, -0.25) is 9.62 Å². The van der Waals surface area contributed by atoms with E-state index in [0.717, 1.165) is 31.4 Å². The number of nitrogens with zero attached hydrogens (tertiary/aromatic N) is 3. The Kier molecular flexibility index (Phi) is 6.31. The fourth-order valence-corrected chi connectivity index (χ4v) is 6.73. The summed E-state index contributed by atoms with van der Waals surface area (Å²) >= 11 is 6.25. The lowest BCUT2D eigenvalue weighted by Crippen LogP contribution is -2.48. The highest BCUT2D eigenvalue weighted by Gasteiger charge is 2.49. The standard InChI is InChI=1S/C23H28ClF3N4O2S/c1-22(2)9-8-16(30(22)4)23(3)10-11-31(13-23)15-12-14(25)21(20(27)19(15)24)34(32,33)29-18-7-5-6-17(26)28-18/h5-7,12,16H,8-11,13H2,1-4H3,(H,28,29). The molecule has 1 N–H and O–H groups in total. The number of rotatable bonds is 5. The minimum absolute atomic E-state index is 0.0799. The first-order valence-corrected chi connectivity index (χ1v) is 12.9. The van der Waals surface area contributed by atoms with Gasteiger partial charge >= 0.3 is 0 Å². The minimum atomic E-state index is -4.75. The van der Waals surface area contributed by atoms with Crippen LogP contribution in [0.25, 0.3) is 0 Å². The normalized spacial score (nSPS) is 25.2. The van der Waals surface area contributed by atoms with Crippen molar-refractivity contribution in [2.24, 2.45) is 5.41 Å². The summed E-state index contributed by atoms with van der Waals surface area (Å²) in [5.74, 6) is -4.03. The van der Waals surface area contributed by atoms with Crippen LogP contribution >= 0.6 is 11.6 Å². The monoisotopic (exact) mass is 516 g/mol. The van der Waals surface area contributed by atoms with E-state index < -0.39 is 43.3 Å². The van der Waals surface area contributed by atoms with Gasteiger partial charge in [0.2, 0.25) is 5.95 Å². The Labute approximate surface area is 203 Å². The third-order valence-electron chi connectivity index (χ3n) is 7.42. The fraction of sp³-hybridized carbons (Fsp3) is 0.522. The van der Waals surface area contributed by atoms with Crippen molar-refractivity contribution in [3.63, 3.8) is 0 Å². The van der Waals surface area contributed by atoms with Gasteiger partial charge < -0.3 is 4.90 Å². The number of benzene rings is 1. The molecule has 6 nitrogen and oxygen atoms in total. The number of nitrogens with one attached hydrogen (secondary N) is 1. The van der Waals surface area contributed by atoms with E-state index >= 15 is 8.78 Å². The molecule has 2 aromatic rings. The number of pyridine rings is 1. The Morgan fingerprint density at radius 3 is 2.50 bits per heavy atom. The number of aromatic nitrogens is 1. The summed E-state index contributed by atoms with van der Waals surface area (Å²) in [6.45, 7) is 7.66. The van der Waals surface area contributed by atoms with Crippen LogP contribution in [-0.4, -0.2) is 50.0 Å². The topological polar surface area (TPSA) is 65.5 Å². The van der Waals surface area contributed by atoms with Crippen LogP contribution in [0, 0.1) is 23.0 Å². The number of hydrogen-bond donors (Lipinski definition) is 1. The van der Waals surface area contributed by atoms with Crippen molar-refractivity contribution in [2.45, 2.75) is 56.5 Å². The van der Waals surface area contributed by atoms with Gasteiger partial charge in [0.1, 0.15) is 16.7 Å². The maximum Gasteiger partial charge on any atom is 0.268 e. The SMILES string of the molecule is CN1C(C2(C)CCN(c3cc(F)c(S(=O)(=O)Nc4cccc(F)n4)c(F)c3Cl)C2)CCC1(C)C. The van der Waals surface area contributed by atoms with E-state index in [1.807, 2.05) is 9.62 Å². The highest BCUT2D eigenvalue weighted by molar-refractivity contribution is 7.92. The molecule has 2 fully saturated rings. The lowest BCUT2D eigenvalue weighted by molar-refractivity contribution is 0.0889. The van der Waals surface area contributed by atoms with Gasteiger partial charge in [-0.1, -0.05) is 24.6 Å². The number of anilines is 2. The molecule has 2 aliphatic rings. The second-order valence-corrected chi connectivity index (χ2v) is 12.1. The molecule has 0 spiro atoms. The number of sulfonamides is 1. The number of likely N-dealkylation sites (tertiary alicyclic amines) is 1. The van der Waals surface area contributed by atoms with E-state index in [0.29, 0.717) is 19.1 Å². The third-order valence-corrected chi connectivity index (χ3v) is 9.17. The average molecular weight is 517 g/mol. The van der Waals surface area contributed by atoms with Gasteiger partial charge in [-0.05, 0) is 52.3 Å². The van der Waals surface area contributed by atoms with Crippen LogP contribution in [-0.2, 0) is 10.0 Å². The minimum Gasteiger partial charge on any atom is -0.370 e. The summed E-state index contributed by atoms with van der Waals surface area (Å²) < 4.78 is 70.8. The van der Waals surface area contributed by atoms with Crippen LogP contribution in [0.1, 0.15) is 40.0 Å². The van der Waals surface area contributed by atoms with Crippen LogP contribution in [0.4, 0.5) is 24.7 Å². The van der Waals surface area contributed by atoms with E-state index in [1.54, 1.807) is 0 Å². The Balaban J connectivity index is 1.62. The molecule has 0 saturated carbocycles. The van der Waals surface area contributed by atoms with Gasteiger partial charge in [-0.25, -0.2) is 22.2 Å². The molecule has 1 aromatic heterocycles. The smallest absolute Gasteiger partial charge is 0.268 e. The summed E-state index contributed by atoms with van der Waals surface area (Å²) in [6.07, 6.45) is 2.90. The predicted octanol–water partition coefficient (Wildman–Crippen LogP) is 5.04. The maximum absolute atomic E-state index is 15.2. The van der Waals surface area contributed by atoms with Gasteiger partial charge in [0.05, 0.1) is 5.69 Å². The second kappa shape index (κ2) is 8.57. The molecular formula is C23H28ClF3N4O2S. The Bertz CT molecular complexity index is 1230. The average Bonchev–Trinajstić information content (AvgIpc) is 3.25. The first-order valence-electron chi connectivity index (χ1n) is 11.1. The molecule has 2 aliphatic heterocycles. The molecule has 2 unspecified atom stereocenters. The quantitative estimate of drug-likeness (QED) is 0.445. The summed E-state index contributed by atoms with van der Waals surface area (Å²) in [5.41, 5.74) is 0.0770. The van der Waals surface area contributed by atoms with Gasteiger partial charge in [0, 0.05) is 36.2 Å². The van der Waals surface area contributed by atoms with Gasteiger partial charge in [-0.2, -0.15) is 4.39 Å². The largest absolute Gasteiger partial charge is 0.370 e. The zero-order valence-corrected chi connectivity index (χ0v) is 21.1. The van der Waals surface area contributed by atoms with Crippen molar-refractivity contribution in [1.29, 1.82) is 0 Å². The summed E-state index contributed by atoms with van der Waals surface area (Å²) in [6, 6.07) is 4.66. The van der Waals surface area contributed by atoms with Crippen molar-refractivity contribution < 1.29 is 21.6 Å². The molecule has 2 atom stereocenters. The van der Waals surface area contributed by atoms with Crippen molar-refractivity contribution in [3.8, 4) is 0 Å². The molecule has 11 heteroatoms. The highest BCUT2D eigenvalue weighted by Crippen LogP contribution is 2.47. The molecule has 0 radical (unpaired) electrons. The van der Waals surface area contributed by atoms with Crippen LogP contribution in [0.3, 0.4) is 0 Å². The molecular weight excluding hydrogens is 489 g/mol. The fourth-order valence-electron chi connectivity index (χ4n) is 5.26. The summed E-state index contributed by atoms with van der Waals surface area (Å²) in [5, 5.41) is -0.474. The maximum atomic E-state index is 15.2. The summed E-state index contributed by atoms with van der Waals surface area (Å²) in [7, 11) is -2.64. The van der Waals surface area contributed by atoms with E-state index in [2.05, 4.69) is 37.7 Å². The molecule has 2 saturated heterocycles. The zero-order chi connectivity index (χ0) is 25.1. The van der Waals surface area contributed by atoms with Crippen molar-refractivity contribution in [3.05, 3.63) is 46.9 Å². The van der Waals surface area contributed by atoms with E-state index in [-0.39, 0.29) is 16.6 Å². The van der Waals surface area contributed by atoms with Gasteiger partial charge in [0.25, 0.3) is 10.0 Å². The molecule has 0 aliphatic carbocycles. The summed E-state index contributed by atoms with van der Waals surface area (Å²) in [4.78, 5) is 6.33.